The summed E-state index contributed by atoms with van der Waals surface area (Å²) in [6.07, 6.45) is 4.28. The van der Waals surface area contributed by atoms with Crippen LogP contribution >= 0.6 is 12.4 Å². The lowest BCUT2D eigenvalue weighted by molar-refractivity contribution is -0.123. The van der Waals surface area contributed by atoms with Gasteiger partial charge in [0.2, 0.25) is 5.91 Å². The van der Waals surface area contributed by atoms with E-state index in [-0.39, 0.29) is 29.9 Å². The minimum atomic E-state index is 0. The van der Waals surface area contributed by atoms with Crippen LogP contribution in [0.5, 0.6) is 0 Å². The van der Waals surface area contributed by atoms with Gasteiger partial charge >= 0.3 is 0 Å². The Kier molecular flexibility index (Phi) is 6.09. The largest absolute Gasteiger partial charge is 0.352 e. The summed E-state index contributed by atoms with van der Waals surface area (Å²) in [5, 5.41) is 6.46. The van der Waals surface area contributed by atoms with Crippen molar-refractivity contribution in [3.8, 4) is 0 Å². The molecule has 2 N–H and O–H groups in total. The second-order valence-electron chi connectivity index (χ2n) is 6.59. The maximum Gasteiger partial charge on any atom is 0.237 e. The number of likely N-dealkylation sites (tertiary alicyclic amines) is 1. The van der Waals surface area contributed by atoms with Gasteiger partial charge in [-0.3, -0.25) is 9.69 Å². The first-order valence-electron chi connectivity index (χ1n) is 7.25. The average molecular weight is 290 g/mol. The van der Waals surface area contributed by atoms with E-state index in [2.05, 4.69) is 36.3 Å². The van der Waals surface area contributed by atoms with E-state index in [9.17, 15) is 4.79 Å². The Hall–Kier alpha value is -0.320. The predicted molar refractivity (Wildman–Crippen MR) is 80.8 cm³/mol. The van der Waals surface area contributed by atoms with Crippen molar-refractivity contribution in [3.05, 3.63) is 0 Å². The van der Waals surface area contributed by atoms with Crippen LogP contribution in [0.25, 0.3) is 0 Å². The molecule has 0 saturated carbocycles. The van der Waals surface area contributed by atoms with Crippen molar-refractivity contribution < 1.29 is 4.79 Å². The lowest BCUT2D eigenvalue weighted by atomic mass is 9.98. The third-order valence-electron chi connectivity index (χ3n) is 4.17. The summed E-state index contributed by atoms with van der Waals surface area (Å²) >= 11 is 0. The predicted octanol–water partition coefficient (Wildman–Crippen LogP) is 1.54. The zero-order chi connectivity index (χ0) is 13.2. The third kappa shape index (κ3) is 4.62. The molecule has 1 amide bonds. The molecule has 0 aliphatic carbocycles. The summed E-state index contributed by atoms with van der Waals surface area (Å²) in [4.78, 5) is 14.5. The van der Waals surface area contributed by atoms with E-state index in [1.165, 1.54) is 0 Å². The Balaban J connectivity index is 0.00000180. The quantitative estimate of drug-likeness (QED) is 0.810. The van der Waals surface area contributed by atoms with Crippen LogP contribution < -0.4 is 10.6 Å². The Morgan fingerprint density at radius 2 is 1.84 bits per heavy atom. The van der Waals surface area contributed by atoms with Gasteiger partial charge in [0.15, 0.2) is 0 Å². The SMILES string of the molecule is CC(C)(C)N1CCC(NC(=O)C2CCCN2)CC1.Cl. The summed E-state index contributed by atoms with van der Waals surface area (Å²) in [6, 6.07) is 0.434. The van der Waals surface area contributed by atoms with E-state index < -0.39 is 0 Å². The molecule has 0 bridgehead atoms. The first-order chi connectivity index (χ1) is 8.47. The average Bonchev–Trinajstić information content (AvgIpc) is 2.82. The molecule has 1 atom stereocenters. The lowest BCUT2D eigenvalue weighted by Gasteiger charge is -2.41. The zero-order valence-electron chi connectivity index (χ0n) is 12.4. The number of rotatable bonds is 2. The fourth-order valence-electron chi connectivity index (χ4n) is 2.90. The van der Waals surface area contributed by atoms with Crippen LogP contribution in [0.2, 0.25) is 0 Å². The van der Waals surface area contributed by atoms with Crippen LogP contribution in [0.1, 0.15) is 46.5 Å². The second kappa shape index (κ2) is 6.91. The molecule has 2 heterocycles. The molecule has 112 valence electrons. The van der Waals surface area contributed by atoms with E-state index >= 15 is 0 Å². The van der Waals surface area contributed by atoms with Crippen LogP contribution in [0, 0.1) is 0 Å². The first kappa shape index (κ1) is 16.7. The van der Waals surface area contributed by atoms with Gasteiger partial charge in [0.1, 0.15) is 0 Å². The standard InChI is InChI=1S/C14H27N3O.ClH/c1-14(2,3)17-9-6-11(7-10-17)16-13(18)12-5-4-8-15-12;/h11-12,15H,4-10H2,1-3H3,(H,16,18);1H. The molecule has 19 heavy (non-hydrogen) atoms. The Morgan fingerprint density at radius 3 is 2.32 bits per heavy atom. The van der Waals surface area contributed by atoms with Gasteiger partial charge in [-0.05, 0) is 53.0 Å². The zero-order valence-corrected chi connectivity index (χ0v) is 13.2. The minimum absolute atomic E-state index is 0. The fourth-order valence-corrected chi connectivity index (χ4v) is 2.90. The van der Waals surface area contributed by atoms with Crippen molar-refractivity contribution >= 4 is 18.3 Å². The van der Waals surface area contributed by atoms with E-state index in [1.54, 1.807) is 0 Å². The van der Waals surface area contributed by atoms with E-state index in [4.69, 9.17) is 0 Å². The van der Waals surface area contributed by atoms with Gasteiger partial charge in [0.25, 0.3) is 0 Å². The molecule has 0 aromatic carbocycles. The molecular weight excluding hydrogens is 262 g/mol. The summed E-state index contributed by atoms with van der Waals surface area (Å²) in [5.74, 6) is 0.210. The smallest absolute Gasteiger partial charge is 0.237 e. The van der Waals surface area contributed by atoms with Gasteiger partial charge in [-0.2, -0.15) is 0 Å². The van der Waals surface area contributed by atoms with Gasteiger partial charge in [0, 0.05) is 24.7 Å². The van der Waals surface area contributed by atoms with Crippen molar-refractivity contribution in [2.75, 3.05) is 19.6 Å². The highest BCUT2D eigenvalue weighted by Crippen LogP contribution is 2.20. The van der Waals surface area contributed by atoms with Crippen LogP contribution in [0.4, 0.5) is 0 Å². The normalized spacial score (nSPS) is 25.9. The first-order valence-corrected chi connectivity index (χ1v) is 7.25. The fraction of sp³-hybridized carbons (Fsp3) is 0.929. The molecule has 2 rings (SSSR count). The lowest BCUT2D eigenvalue weighted by Crippen LogP contribution is -2.53. The number of hydrogen-bond acceptors (Lipinski definition) is 3. The Bertz CT molecular complexity index is 290. The Morgan fingerprint density at radius 1 is 1.21 bits per heavy atom. The van der Waals surface area contributed by atoms with E-state index in [0.717, 1.165) is 45.3 Å². The van der Waals surface area contributed by atoms with Gasteiger partial charge < -0.3 is 10.6 Å². The number of carbonyl (C=O) groups is 1. The molecule has 0 aromatic rings. The highest BCUT2D eigenvalue weighted by Gasteiger charge is 2.29. The molecule has 1 unspecified atom stereocenters. The highest BCUT2D eigenvalue weighted by molar-refractivity contribution is 5.85. The van der Waals surface area contributed by atoms with E-state index in [0.29, 0.717) is 6.04 Å². The van der Waals surface area contributed by atoms with Crippen molar-refractivity contribution in [2.24, 2.45) is 0 Å². The monoisotopic (exact) mass is 289 g/mol. The number of piperidine rings is 1. The van der Waals surface area contributed by atoms with Gasteiger partial charge in [0.05, 0.1) is 6.04 Å². The van der Waals surface area contributed by atoms with Crippen LogP contribution in [0.15, 0.2) is 0 Å². The molecule has 2 saturated heterocycles. The van der Waals surface area contributed by atoms with Gasteiger partial charge in [-0.15, -0.1) is 12.4 Å². The molecule has 0 aromatic heterocycles. The second-order valence-corrected chi connectivity index (χ2v) is 6.59. The molecule has 4 nitrogen and oxygen atoms in total. The molecule has 2 aliphatic heterocycles. The van der Waals surface area contributed by atoms with Gasteiger partial charge in [-0.1, -0.05) is 0 Å². The van der Waals surface area contributed by atoms with E-state index in [1.807, 2.05) is 0 Å². The Labute approximate surface area is 123 Å². The number of amides is 1. The number of hydrogen-bond donors (Lipinski definition) is 2. The summed E-state index contributed by atoms with van der Waals surface area (Å²) in [5.41, 5.74) is 0.252. The summed E-state index contributed by atoms with van der Waals surface area (Å²) < 4.78 is 0. The molecular formula is C14H28ClN3O. The molecule has 2 aliphatic rings. The van der Waals surface area contributed by atoms with Crippen LogP contribution in [0.3, 0.4) is 0 Å². The number of nitrogens with zero attached hydrogens (tertiary/aromatic N) is 1. The van der Waals surface area contributed by atoms with Crippen molar-refractivity contribution in [1.29, 1.82) is 0 Å². The maximum atomic E-state index is 12.0. The topological polar surface area (TPSA) is 44.4 Å². The highest BCUT2D eigenvalue weighted by atomic mass is 35.5. The molecule has 0 radical (unpaired) electrons. The van der Waals surface area contributed by atoms with Crippen LogP contribution in [-0.4, -0.2) is 48.1 Å². The number of halogens is 1. The molecule has 0 spiro atoms. The third-order valence-corrected chi connectivity index (χ3v) is 4.17. The molecule has 2 fully saturated rings. The number of nitrogens with one attached hydrogen (secondary N) is 2. The summed E-state index contributed by atoms with van der Waals surface area (Å²) in [7, 11) is 0. The summed E-state index contributed by atoms with van der Waals surface area (Å²) in [6.45, 7) is 9.94. The maximum absolute atomic E-state index is 12.0. The minimum Gasteiger partial charge on any atom is -0.352 e. The van der Waals surface area contributed by atoms with Gasteiger partial charge in [-0.25, -0.2) is 0 Å². The van der Waals surface area contributed by atoms with Crippen molar-refractivity contribution in [1.82, 2.24) is 15.5 Å². The van der Waals surface area contributed by atoms with Crippen molar-refractivity contribution in [3.63, 3.8) is 0 Å². The molecule has 5 heteroatoms. The van der Waals surface area contributed by atoms with Crippen molar-refractivity contribution in [2.45, 2.75) is 64.1 Å². The number of carbonyl (C=O) groups excluding carboxylic acids is 1. The van der Waals surface area contributed by atoms with Crippen LogP contribution in [-0.2, 0) is 4.79 Å².